The van der Waals surface area contributed by atoms with Gasteiger partial charge in [0.05, 0.1) is 13.4 Å². The summed E-state index contributed by atoms with van der Waals surface area (Å²) in [7, 11) is 1.30. The first-order valence-electron chi connectivity index (χ1n) is 6.83. The summed E-state index contributed by atoms with van der Waals surface area (Å²) in [6.07, 6.45) is 4.74. The summed E-state index contributed by atoms with van der Waals surface area (Å²) < 4.78 is 9.83. The van der Waals surface area contributed by atoms with Crippen molar-refractivity contribution in [2.45, 2.75) is 12.5 Å². The fourth-order valence-corrected chi connectivity index (χ4v) is 1.95. The maximum atomic E-state index is 11.9. The van der Waals surface area contributed by atoms with Crippen molar-refractivity contribution in [2.75, 3.05) is 7.11 Å². The molecule has 1 heterocycles. The largest absolute Gasteiger partial charge is 0.467 e. The second-order valence-electron chi connectivity index (χ2n) is 4.62. The van der Waals surface area contributed by atoms with Crippen LogP contribution < -0.4 is 5.32 Å². The Hall–Kier alpha value is -2.82. The number of ether oxygens (including phenoxy) is 1. The maximum Gasteiger partial charge on any atom is 0.328 e. The molecule has 114 valence electrons. The standard InChI is InChI=1S/C17H17NO4/c1-21-17(20)15(12-13-6-3-2-4-7-13)18-16(19)10-9-14-8-5-11-22-14/h2-11,15H,12H2,1H3,(H,18,19)/b10-9+/t15-/m1/s1. The third-order valence-corrected chi connectivity index (χ3v) is 3.03. The van der Waals surface area contributed by atoms with E-state index in [2.05, 4.69) is 5.32 Å². The van der Waals surface area contributed by atoms with Gasteiger partial charge in [-0.2, -0.15) is 0 Å². The Morgan fingerprint density at radius 3 is 2.64 bits per heavy atom. The van der Waals surface area contributed by atoms with Gasteiger partial charge in [-0.15, -0.1) is 0 Å². The van der Waals surface area contributed by atoms with Gasteiger partial charge in [0.15, 0.2) is 0 Å². The molecule has 1 aromatic carbocycles. The zero-order chi connectivity index (χ0) is 15.8. The van der Waals surface area contributed by atoms with E-state index in [1.54, 1.807) is 12.1 Å². The number of benzene rings is 1. The maximum absolute atomic E-state index is 11.9. The lowest BCUT2D eigenvalue weighted by molar-refractivity contribution is -0.144. The molecule has 0 unspecified atom stereocenters. The lowest BCUT2D eigenvalue weighted by Crippen LogP contribution is -2.42. The zero-order valence-electron chi connectivity index (χ0n) is 12.2. The molecule has 2 aromatic rings. The molecule has 2 rings (SSSR count). The molecule has 0 aliphatic heterocycles. The first kappa shape index (κ1) is 15.6. The fraction of sp³-hybridized carbons (Fsp3) is 0.176. The zero-order valence-corrected chi connectivity index (χ0v) is 12.2. The average Bonchev–Trinajstić information content (AvgIpc) is 3.06. The first-order valence-corrected chi connectivity index (χ1v) is 6.83. The monoisotopic (exact) mass is 299 g/mol. The average molecular weight is 299 g/mol. The lowest BCUT2D eigenvalue weighted by Gasteiger charge is -2.15. The van der Waals surface area contributed by atoms with Crippen LogP contribution in [-0.2, 0) is 20.7 Å². The van der Waals surface area contributed by atoms with Crippen LogP contribution in [0.25, 0.3) is 6.08 Å². The van der Waals surface area contributed by atoms with Gasteiger partial charge in [-0.3, -0.25) is 4.79 Å². The molecule has 5 nitrogen and oxygen atoms in total. The molecule has 0 aliphatic rings. The summed E-state index contributed by atoms with van der Waals surface area (Å²) in [6.45, 7) is 0. The van der Waals surface area contributed by atoms with E-state index < -0.39 is 12.0 Å². The summed E-state index contributed by atoms with van der Waals surface area (Å²) in [5, 5.41) is 2.64. The van der Waals surface area contributed by atoms with E-state index in [1.165, 1.54) is 25.5 Å². The van der Waals surface area contributed by atoms with Crippen molar-refractivity contribution in [3.05, 3.63) is 66.1 Å². The molecular weight excluding hydrogens is 282 g/mol. The molecule has 0 saturated carbocycles. The lowest BCUT2D eigenvalue weighted by atomic mass is 10.1. The first-order chi connectivity index (χ1) is 10.7. The smallest absolute Gasteiger partial charge is 0.328 e. The second kappa shape index (κ2) is 7.83. The SMILES string of the molecule is COC(=O)[C@@H](Cc1ccccc1)NC(=O)/C=C/c1ccco1. The normalized spacial score (nSPS) is 12.0. The molecule has 1 amide bonds. The van der Waals surface area contributed by atoms with Crippen LogP contribution in [0, 0.1) is 0 Å². The van der Waals surface area contributed by atoms with Crippen LogP contribution in [0.3, 0.4) is 0 Å². The summed E-state index contributed by atoms with van der Waals surface area (Å²) in [5.41, 5.74) is 0.938. The Kier molecular flexibility index (Phi) is 5.54. The van der Waals surface area contributed by atoms with Crippen molar-refractivity contribution in [1.82, 2.24) is 5.32 Å². The topological polar surface area (TPSA) is 68.5 Å². The van der Waals surface area contributed by atoms with Gasteiger partial charge in [-0.25, -0.2) is 4.79 Å². The van der Waals surface area contributed by atoms with E-state index in [0.717, 1.165) is 5.56 Å². The van der Waals surface area contributed by atoms with Crippen LogP contribution in [0.15, 0.2) is 59.2 Å². The Morgan fingerprint density at radius 1 is 1.23 bits per heavy atom. The molecule has 5 heteroatoms. The molecule has 0 bridgehead atoms. The molecule has 1 N–H and O–H groups in total. The number of furan rings is 1. The molecule has 0 saturated heterocycles. The van der Waals surface area contributed by atoms with Gasteiger partial charge < -0.3 is 14.5 Å². The minimum Gasteiger partial charge on any atom is -0.467 e. The fourth-order valence-electron chi connectivity index (χ4n) is 1.95. The number of esters is 1. The predicted molar refractivity (Wildman–Crippen MR) is 81.8 cm³/mol. The van der Waals surface area contributed by atoms with Crippen LogP contribution in [-0.4, -0.2) is 25.0 Å². The van der Waals surface area contributed by atoms with E-state index in [1.807, 2.05) is 30.3 Å². The Balaban J connectivity index is 2.00. The highest BCUT2D eigenvalue weighted by Crippen LogP contribution is 2.05. The number of rotatable bonds is 6. The predicted octanol–water partition coefficient (Wildman–Crippen LogP) is 2.19. The van der Waals surface area contributed by atoms with Crippen LogP contribution in [0.1, 0.15) is 11.3 Å². The van der Waals surface area contributed by atoms with Crippen molar-refractivity contribution in [2.24, 2.45) is 0 Å². The third kappa shape index (κ3) is 4.63. The van der Waals surface area contributed by atoms with E-state index in [9.17, 15) is 9.59 Å². The number of nitrogens with one attached hydrogen (secondary N) is 1. The van der Waals surface area contributed by atoms with Crippen molar-refractivity contribution in [3.8, 4) is 0 Å². The summed E-state index contributed by atoms with van der Waals surface area (Å²) in [6, 6.07) is 12.1. The van der Waals surface area contributed by atoms with Crippen molar-refractivity contribution in [3.63, 3.8) is 0 Å². The molecule has 0 fully saturated rings. The van der Waals surface area contributed by atoms with Crippen LogP contribution in [0.2, 0.25) is 0 Å². The summed E-state index contributed by atoms with van der Waals surface area (Å²) in [4.78, 5) is 23.7. The van der Waals surface area contributed by atoms with Crippen LogP contribution >= 0.6 is 0 Å². The number of hydrogen-bond acceptors (Lipinski definition) is 4. The van der Waals surface area contributed by atoms with Gasteiger partial charge >= 0.3 is 5.97 Å². The summed E-state index contributed by atoms with van der Waals surface area (Å²) in [5.74, 6) is -0.306. The number of amides is 1. The Morgan fingerprint density at radius 2 is 2.00 bits per heavy atom. The van der Waals surface area contributed by atoms with Crippen molar-refractivity contribution >= 4 is 18.0 Å². The minimum absolute atomic E-state index is 0.369. The number of carbonyl (C=O) groups excluding carboxylic acids is 2. The summed E-state index contributed by atoms with van der Waals surface area (Å²) >= 11 is 0. The van der Waals surface area contributed by atoms with Crippen LogP contribution in [0.5, 0.6) is 0 Å². The Labute approximate surface area is 128 Å². The number of carbonyl (C=O) groups is 2. The minimum atomic E-state index is -0.735. The van der Waals surface area contributed by atoms with Crippen molar-refractivity contribution in [1.29, 1.82) is 0 Å². The molecule has 1 atom stereocenters. The molecular formula is C17H17NO4. The second-order valence-corrected chi connectivity index (χ2v) is 4.62. The highest BCUT2D eigenvalue weighted by atomic mass is 16.5. The Bertz CT molecular complexity index is 632. The number of hydrogen-bond donors (Lipinski definition) is 1. The number of methoxy groups -OCH3 is 1. The third-order valence-electron chi connectivity index (χ3n) is 3.03. The van der Waals surface area contributed by atoms with E-state index >= 15 is 0 Å². The quantitative estimate of drug-likeness (QED) is 0.656. The highest BCUT2D eigenvalue weighted by molar-refractivity contribution is 5.94. The van der Waals surface area contributed by atoms with E-state index in [-0.39, 0.29) is 5.91 Å². The van der Waals surface area contributed by atoms with Gasteiger partial charge in [0.2, 0.25) is 5.91 Å². The molecule has 1 aromatic heterocycles. The molecule has 22 heavy (non-hydrogen) atoms. The molecule has 0 aliphatic carbocycles. The van der Waals surface area contributed by atoms with Gasteiger partial charge in [-0.05, 0) is 23.8 Å². The van der Waals surface area contributed by atoms with E-state index in [4.69, 9.17) is 9.15 Å². The van der Waals surface area contributed by atoms with Gasteiger partial charge in [-0.1, -0.05) is 30.3 Å². The van der Waals surface area contributed by atoms with Gasteiger partial charge in [0.1, 0.15) is 11.8 Å². The van der Waals surface area contributed by atoms with E-state index in [0.29, 0.717) is 12.2 Å². The van der Waals surface area contributed by atoms with Gasteiger partial charge in [0.25, 0.3) is 0 Å². The molecule has 0 radical (unpaired) electrons. The highest BCUT2D eigenvalue weighted by Gasteiger charge is 2.20. The van der Waals surface area contributed by atoms with Crippen LogP contribution in [0.4, 0.5) is 0 Å². The van der Waals surface area contributed by atoms with Gasteiger partial charge in [0, 0.05) is 12.5 Å². The molecule has 0 spiro atoms. The van der Waals surface area contributed by atoms with Crippen molar-refractivity contribution < 1.29 is 18.7 Å².